The first kappa shape index (κ1) is 12.8. The topological polar surface area (TPSA) is 42.4 Å². The molecule has 0 saturated carbocycles. The molecule has 1 N–H and O–H groups in total. The van der Waals surface area contributed by atoms with Gasteiger partial charge in [0.15, 0.2) is 6.10 Å². The van der Waals surface area contributed by atoms with Gasteiger partial charge in [-0.3, -0.25) is 0 Å². The zero-order valence-electron chi connectivity index (χ0n) is 9.14. The van der Waals surface area contributed by atoms with Crippen molar-refractivity contribution in [1.29, 1.82) is 0 Å². The van der Waals surface area contributed by atoms with Crippen molar-refractivity contribution in [3.05, 3.63) is 42.3 Å². The summed E-state index contributed by atoms with van der Waals surface area (Å²) in [4.78, 5) is 4.33. The van der Waals surface area contributed by atoms with Gasteiger partial charge in [0.2, 0.25) is 0 Å². The van der Waals surface area contributed by atoms with Gasteiger partial charge in [-0.05, 0) is 34.7 Å². The summed E-state index contributed by atoms with van der Waals surface area (Å²) in [7, 11) is 0. The number of ether oxygens (including phenoxy) is 1. The van der Waals surface area contributed by atoms with Crippen LogP contribution in [0.3, 0.4) is 0 Å². The minimum Gasteiger partial charge on any atom is -0.483 e. The highest BCUT2D eigenvalue weighted by atomic mass is 127. The van der Waals surface area contributed by atoms with Gasteiger partial charge in [-0.2, -0.15) is 0 Å². The van der Waals surface area contributed by atoms with Crippen LogP contribution >= 0.6 is 49.9 Å². The first-order valence-electron chi connectivity index (χ1n) is 5.39. The largest absolute Gasteiger partial charge is 0.483 e. The van der Waals surface area contributed by atoms with E-state index in [1.54, 1.807) is 11.3 Å². The van der Waals surface area contributed by atoms with Crippen LogP contribution in [0.15, 0.2) is 28.9 Å². The van der Waals surface area contributed by atoms with E-state index in [1.807, 2.05) is 24.4 Å². The molecule has 94 valence electrons. The van der Waals surface area contributed by atoms with E-state index in [2.05, 4.69) is 43.5 Å². The molecule has 0 fully saturated rings. The molecule has 1 aliphatic rings. The molecule has 1 aromatic heterocycles. The maximum atomic E-state index is 10.2. The molecular formula is C12H9BrINO2S. The van der Waals surface area contributed by atoms with Gasteiger partial charge in [-0.1, -0.05) is 22.0 Å². The van der Waals surface area contributed by atoms with Gasteiger partial charge in [0.05, 0.1) is 15.2 Å². The second-order valence-electron chi connectivity index (χ2n) is 4.04. The van der Waals surface area contributed by atoms with Gasteiger partial charge in [0.25, 0.3) is 0 Å². The Kier molecular flexibility index (Phi) is 3.61. The SMILES string of the molecule is OC1CC(c2ncc(I)s2)Oc2cc(Br)ccc21. The minimum atomic E-state index is -0.492. The summed E-state index contributed by atoms with van der Waals surface area (Å²) in [5, 5.41) is 11.1. The van der Waals surface area contributed by atoms with E-state index in [0.717, 1.165) is 23.7 Å². The number of halogens is 2. The predicted molar refractivity (Wildman–Crippen MR) is 81.9 cm³/mol. The number of hydrogen-bond donors (Lipinski definition) is 1. The summed E-state index contributed by atoms with van der Waals surface area (Å²) in [6.07, 6.45) is 1.73. The predicted octanol–water partition coefficient (Wildman–Crippen LogP) is 4.07. The van der Waals surface area contributed by atoms with Crippen molar-refractivity contribution >= 4 is 49.9 Å². The Bertz CT molecular complexity index is 589. The molecule has 2 unspecified atom stereocenters. The van der Waals surface area contributed by atoms with Crippen LogP contribution in [0.5, 0.6) is 5.75 Å². The van der Waals surface area contributed by atoms with Crippen LogP contribution in [0.2, 0.25) is 0 Å². The van der Waals surface area contributed by atoms with E-state index in [4.69, 9.17) is 4.74 Å². The van der Waals surface area contributed by atoms with Crippen LogP contribution < -0.4 is 4.74 Å². The number of thiazole rings is 1. The molecule has 2 atom stereocenters. The van der Waals surface area contributed by atoms with Crippen LogP contribution in [-0.2, 0) is 0 Å². The third-order valence-electron chi connectivity index (χ3n) is 2.81. The maximum Gasteiger partial charge on any atom is 0.153 e. The summed E-state index contributed by atoms with van der Waals surface area (Å²) in [6.45, 7) is 0. The maximum absolute atomic E-state index is 10.2. The molecule has 0 saturated heterocycles. The first-order chi connectivity index (χ1) is 8.63. The molecule has 0 bridgehead atoms. The Morgan fingerprint density at radius 3 is 3.06 bits per heavy atom. The number of nitrogens with zero attached hydrogens (tertiary/aromatic N) is 1. The van der Waals surface area contributed by atoms with Gasteiger partial charge >= 0.3 is 0 Å². The van der Waals surface area contributed by atoms with Gasteiger partial charge in [0.1, 0.15) is 10.8 Å². The van der Waals surface area contributed by atoms with Crippen LogP contribution in [0, 0.1) is 2.88 Å². The minimum absolute atomic E-state index is 0.157. The van der Waals surface area contributed by atoms with Crippen molar-refractivity contribution in [3.63, 3.8) is 0 Å². The van der Waals surface area contributed by atoms with Crippen molar-refractivity contribution in [2.45, 2.75) is 18.6 Å². The fourth-order valence-electron chi connectivity index (χ4n) is 1.98. The number of aliphatic hydroxyl groups is 1. The fourth-order valence-corrected chi connectivity index (χ4v) is 3.83. The normalized spacial score (nSPS) is 22.4. The lowest BCUT2D eigenvalue weighted by molar-refractivity contribution is 0.0655. The molecule has 2 heterocycles. The van der Waals surface area contributed by atoms with Crippen molar-refractivity contribution in [2.24, 2.45) is 0 Å². The van der Waals surface area contributed by atoms with Crippen molar-refractivity contribution in [2.75, 3.05) is 0 Å². The van der Waals surface area contributed by atoms with Crippen LogP contribution in [0.4, 0.5) is 0 Å². The zero-order chi connectivity index (χ0) is 12.7. The van der Waals surface area contributed by atoms with E-state index in [0.29, 0.717) is 6.42 Å². The van der Waals surface area contributed by atoms with E-state index >= 15 is 0 Å². The molecule has 3 rings (SSSR count). The fraction of sp³-hybridized carbons (Fsp3) is 0.250. The second kappa shape index (κ2) is 5.07. The summed E-state index contributed by atoms with van der Waals surface area (Å²) in [6, 6.07) is 5.70. The molecular weight excluding hydrogens is 429 g/mol. The Morgan fingerprint density at radius 1 is 1.50 bits per heavy atom. The highest BCUT2D eigenvalue weighted by Crippen LogP contribution is 2.42. The van der Waals surface area contributed by atoms with Crippen LogP contribution in [-0.4, -0.2) is 10.1 Å². The Balaban J connectivity index is 1.95. The first-order valence-corrected chi connectivity index (χ1v) is 8.07. The number of hydrogen-bond acceptors (Lipinski definition) is 4. The van der Waals surface area contributed by atoms with Crippen molar-refractivity contribution in [1.82, 2.24) is 4.98 Å². The summed E-state index contributed by atoms with van der Waals surface area (Å²) in [5.41, 5.74) is 0.848. The third kappa shape index (κ3) is 2.43. The molecule has 0 amide bonds. The Labute approximate surface area is 130 Å². The number of aliphatic hydroxyl groups excluding tert-OH is 1. The van der Waals surface area contributed by atoms with Crippen molar-refractivity contribution in [3.8, 4) is 5.75 Å². The zero-order valence-corrected chi connectivity index (χ0v) is 13.7. The van der Waals surface area contributed by atoms with Gasteiger partial charge in [0, 0.05) is 16.5 Å². The molecule has 0 aliphatic carbocycles. The summed E-state index contributed by atoms with van der Waals surface area (Å²) < 4.78 is 8.01. The second-order valence-corrected chi connectivity index (χ2v) is 7.91. The lowest BCUT2D eigenvalue weighted by Crippen LogP contribution is -2.18. The lowest BCUT2D eigenvalue weighted by atomic mass is 9.99. The number of benzene rings is 1. The smallest absolute Gasteiger partial charge is 0.153 e. The van der Waals surface area contributed by atoms with Crippen LogP contribution in [0.25, 0.3) is 0 Å². The summed E-state index contributed by atoms with van der Waals surface area (Å²) >= 11 is 7.26. The van der Waals surface area contributed by atoms with Crippen LogP contribution in [0.1, 0.15) is 29.2 Å². The van der Waals surface area contributed by atoms with E-state index < -0.39 is 6.10 Å². The average Bonchev–Trinajstić information content (AvgIpc) is 2.75. The Hall–Kier alpha value is -0.180. The molecule has 18 heavy (non-hydrogen) atoms. The quantitative estimate of drug-likeness (QED) is 0.684. The molecule has 2 aromatic rings. The van der Waals surface area contributed by atoms with E-state index in [-0.39, 0.29) is 6.10 Å². The molecule has 0 spiro atoms. The van der Waals surface area contributed by atoms with Gasteiger partial charge in [-0.25, -0.2) is 4.98 Å². The highest BCUT2D eigenvalue weighted by Gasteiger charge is 2.29. The number of aromatic nitrogens is 1. The Morgan fingerprint density at radius 2 is 2.33 bits per heavy atom. The summed E-state index contributed by atoms with van der Waals surface area (Å²) in [5.74, 6) is 0.735. The average molecular weight is 438 g/mol. The number of fused-ring (bicyclic) bond motifs is 1. The molecule has 1 aliphatic heterocycles. The third-order valence-corrected chi connectivity index (χ3v) is 5.12. The van der Waals surface area contributed by atoms with Gasteiger partial charge < -0.3 is 9.84 Å². The standard InChI is InChI=1S/C12H9BrINO2S/c13-6-1-2-7-8(16)4-10(17-9(7)3-6)12-15-5-11(14)18-12/h1-3,5,8,10,16H,4H2. The molecule has 0 radical (unpaired) electrons. The van der Waals surface area contributed by atoms with Gasteiger partial charge in [-0.15, -0.1) is 11.3 Å². The molecule has 1 aromatic carbocycles. The number of rotatable bonds is 1. The molecule has 6 heteroatoms. The monoisotopic (exact) mass is 437 g/mol. The van der Waals surface area contributed by atoms with E-state index in [9.17, 15) is 5.11 Å². The van der Waals surface area contributed by atoms with E-state index in [1.165, 1.54) is 0 Å². The van der Waals surface area contributed by atoms with Crippen molar-refractivity contribution < 1.29 is 9.84 Å². The molecule has 3 nitrogen and oxygen atoms in total. The highest BCUT2D eigenvalue weighted by molar-refractivity contribution is 14.1. The lowest BCUT2D eigenvalue weighted by Gasteiger charge is -2.28.